The van der Waals surface area contributed by atoms with Crippen LogP contribution in [0.2, 0.25) is 0 Å². The molecule has 196 valence electrons. The van der Waals surface area contributed by atoms with E-state index in [2.05, 4.69) is 5.32 Å². The minimum atomic E-state index is -1.17. The Morgan fingerprint density at radius 3 is 2.32 bits per heavy atom. The van der Waals surface area contributed by atoms with Crippen LogP contribution >= 0.6 is 12.4 Å². The number of nitrogens with two attached hydrogens (primary N) is 1. The zero-order valence-electron chi connectivity index (χ0n) is 20.5. The fourth-order valence-electron chi connectivity index (χ4n) is 3.94. The van der Waals surface area contributed by atoms with E-state index in [9.17, 15) is 14.4 Å². The van der Waals surface area contributed by atoms with E-state index in [0.717, 1.165) is 16.9 Å². The summed E-state index contributed by atoms with van der Waals surface area (Å²) in [5, 5.41) is 18.7. The number of rotatable bonds is 9. The molecule has 0 radical (unpaired) electrons. The number of aromatic nitrogens is 2. The minimum Gasteiger partial charge on any atom is -0.480 e. The number of benzene rings is 3. The Bertz CT molecular complexity index is 1480. The van der Waals surface area contributed by atoms with Gasteiger partial charge in [-0.25, -0.2) is 4.98 Å². The van der Waals surface area contributed by atoms with Crippen LogP contribution in [0.1, 0.15) is 27.3 Å². The number of hydrogen-bond acceptors (Lipinski definition) is 5. The van der Waals surface area contributed by atoms with Crippen molar-refractivity contribution < 1.29 is 19.5 Å². The average molecular weight is 535 g/mol. The highest BCUT2D eigenvalue weighted by atomic mass is 35.5. The second kappa shape index (κ2) is 12.0. The molecule has 0 fully saturated rings. The summed E-state index contributed by atoms with van der Waals surface area (Å²) in [6.45, 7) is -0.867. The molecule has 38 heavy (non-hydrogen) atoms. The van der Waals surface area contributed by atoms with Gasteiger partial charge in [0, 0.05) is 30.3 Å². The number of aryl methyl sites for hydroxylation is 1. The summed E-state index contributed by atoms with van der Waals surface area (Å²) in [5.41, 5.74) is 9.51. The lowest BCUT2D eigenvalue weighted by Crippen LogP contribution is -2.42. The average Bonchev–Trinajstić information content (AvgIpc) is 3.20. The highest BCUT2D eigenvalue weighted by Gasteiger charge is 2.22. The van der Waals surface area contributed by atoms with Crippen LogP contribution in [0.25, 0.3) is 11.0 Å². The molecule has 2 amide bonds. The van der Waals surface area contributed by atoms with E-state index in [1.807, 2.05) is 29.8 Å². The number of nitrogen functional groups attached to an aromatic ring is 1. The van der Waals surface area contributed by atoms with Crippen LogP contribution < -0.4 is 16.0 Å². The Labute approximate surface area is 225 Å². The molecule has 0 atom stereocenters. The molecule has 4 aromatic rings. The summed E-state index contributed by atoms with van der Waals surface area (Å²) in [6, 6.07) is 21.3. The number of para-hydroxylation sites is 1. The largest absolute Gasteiger partial charge is 0.480 e. The molecule has 11 heteroatoms. The molecule has 0 aliphatic carbocycles. The molecule has 1 aromatic heterocycles. The van der Waals surface area contributed by atoms with E-state index < -0.39 is 24.3 Å². The van der Waals surface area contributed by atoms with Gasteiger partial charge in [-0.1, -0.05) is 42.5 Å². The number of amides is 2. The number of amidine groups is 1. The van der Waals surface area contributed by atoms with Crippen molar-refractivity contribution in [2.75, 3.05) is 18.0 Å². The van der Waals surface area contributed by atoms with E-state index in [1.54, 1.807) is 54.6 Å². The lowest BCUT2D eigenvalue weighted by atomic mass is 10.1. The standard InChI is InChI=1S/C27H26N6O4.ClH/c1-32-22-12-11-19(14-21(22)31-23(32)13-17-7-9-18(10-8-17)26(28)29)27(37)33(20-5-3-2-4-6-20)16-24(34)30-15-25(35)36;/h2-12,14H,13,15-16H2,1H3,(H3,28,29)(H,30,34)(H,35,36);1H. The third-order valence-corrected chi connectivity index (χ3v) is 5.90. The van der Waals surface area contributed by atoms with Crippen molar-refractivity contribution >= 4 is 52.7 Å². The van der Waals surface area contributed by atoms with Gasteiger partial charge in [-0.05, 0) is 35.9 Å². The van der Waals surface area contributed by atoms with Crippen molar-refractivity contribution in [1.29, 1.82) is 5.41 Å². The van der Waals surface area contributed by atoms with Crippen molar-refractivity contribution in [3.8, 4) is 0 Å². The minimum absolute atomic E-state index is 0. The van der Waals surface area contributed by atoms with E-state index in [-0.39, 0.29) is 24.8 Å². The molecule has 0 spiro atoms. The number of nitrogens with zero attached hydrogens (tertiary/aromatic N) is 3. The zero-order chi connectivity index (χ0) is 26.5. The Morgan fingerprint density at radius 1 is 1.03 bits per heavy atom. The lowest BCUT2D eigenvalue weighted by Gasteiger charge is -2.22. The van der Waals surface area contributed by atoms with Gasteiger partial charge in [-0.2, -0.15) is 0 Å². The first-order valence-corrected chi connectivity index (χ1v) is 11.5. The van der Waals surface area contributed by atoms with E-state index in [4.69, 9.17) is 21.2 Å². The maximum Gasteiger partial charge on any atom is 0.322 e. The number of anilines is 1. The summed E-state index contributed by atoms with van der Waals surface area (Å²) in [7, 11) is 1.90. The van der Waals surface area contributed by atoms with Gasteiger partial charge in [0.25, 0.3) is 5.91 Å². The molecular weight excluding hydrogens is 508 g/mol. The van der Waals surface area contributed by atoms with Crippen LogP contribution in [0.5, 0.6) is 0 Å². The van der Waals surface area contributed by atoms with Gasteiger partial charge in [0.15, 0.2) is 0 Å². The molecule has 1 heterocycles. The normalized spacial score (nSPS) is 10.4. The van der Waals surface area contributed by atoms with E-state index in [0.29, 0.717) is 28.8 Å². The number of halogens is 1. The molecule has 3 aromatic carbocycles. The molecule has 0 aliphatic rings. The number of carbonyl (C=O) groups is 3. The van der Waals surface area contributed by atoms with Gasteiger partial charge in [0.2, 0.25) is 5.91 Å². The van der Waals surface area contributed by atoms with E-state index in [1.165, 1.54) is 4.90 Å². The number of carbonyl (C=O) groups excluding carboxylic acids is 2. The third kappa shape index (κ3) is 6.34. The molecule has 0 unspecified atom stereocenters. The van der Waals surface area contributed by atoms with Crippen molar-refractivity contribution in [2.45, 2.75) is 6.42 Å². The monoisotopic (exact) mass is 534 g/mol. The summed E-state index contributed by atoms with van der Waals surface area (Å²) in [6.07, 6.45) is 0.548. The maximum absolute atomic E-state index is 13.5. The topological polar surface area (TPSA) is 154 Å². The smallest absolute Gasteiger partial charge is 0.322 e. The molecule has 5 N–H and O–H groups in total. The van der Waals surface area contributed by atoms with Crippen LogP contribution in [0.15, 0.2) is 72.8 Å². The lowest BCUT2D eigenvalue weighted by molar-refractivity contribution is -0.137. The van der Waals surface area contributed by atoms with Crippen molar-refractivity contribution in [3.63, 3.8) is 0 Å². The predicted molar refractivity (Wildman–Crippen MR) is 147 cm³/mol. The summed E-state index contributed by atoms with van der Waals surface area (Å²) < 4.78 is 1.96. The van der Waals surface area contributed by atoms with Crippen LogP contribution in [0.4, 0.5) is 5.69 Å². The number of aliphatic carboxylic acids is 1. The van der Waals surface area contributed by atoms with Crippen LogP contribution in [-0.2, 0) is 23.1 Å². The van der Waals surface area contributed by atoms with Crippen LogP contribution in [-0.4, -0.2) is 51.4 Å². The zero-order valence-corrected chi connectivity index (χ0v) is 21.4. The van der Waals surface area contributed by atoms with Crippen LogP contribution in [0.3, 0.4) is 0 Å². The van der Waals surface area contributed by atoms with Gasteiger partial charge in [0.05, 0.1) is 11.0 Å². The number of carboxylic acid groups (broad SMARTS) is 1. The number of carboxylic acids is 1. The van der Waals surface area contributed by atoms with Gasteiger partial charge >= 0.3 is 5.97 Å². The molecule has 10 nitrogen and oxygen atoms in total. The molecule has 0 saturated carbocycles. The van der Waals surface area contributed by atoms with Gasteiger partial charge in [-0.3, -0.25) is 24.7 Å². The number of imidazole rings is 1. The molecule has 0 saturated heterocycles. The maximum atomic E-state index is 13.5. The van der Waals surface area contributed by atoms with Crippen LogP contribution in [0, 0.1) is 5.41 Å². The van der Waals surface area contributed by atoms with Crippen molar-refractivity contribution in [2.24, 2.45) is 12.8 Å². The fraction of sp³-hybridized carbons (Fsp3) is 0.148. The van der Waals surface area contributed by atoms with Gasteiger partial charge in [-0.15, -0.1) is 12.4 Å². The Kier molecular flexibility index (Phi) is 8.82. The molecule has 0 bridgehead atoms. The Hall–Kier alpha value is -4.70. The SMILES string of the molecule is Cl.Cn1c(Cc2ccc(C(=N)N)cc2)nc2cc(C(=O)N(CC(=O)NCC(=O)O)c3ccccc3)ccc21. The third-order valence-electron chi connectivity index (χ3n) is 5.90. The van der Waals surface area contributed by atoms with E-state index >= 15 is 0 Å². The number of fused-ring (bicyclic) bond motifs is 1. The second-order valence-corrected chi connectivity index (χ2v) is 8.48. The predicted octanol–water partition coefficient (Wildman–Crippen LogP) is 2.72. The fourth-order valence-corrected chi connectivity index (χ4v) is 3.94. The summed E-state index contributed by atoms with van der Waals surface area (Å²) >= 11 is 0. The van der Waals surface area contributed by atoms with Gasteiger partial charge < -0.3 is 20.7 Å². The molecule has 4 rings (SSSR count). The summed E-state index contributed by atoms with van der Waals surface area (Å²) in [5.74, 6) is -1.36. The molecular formula is C27H27ClN6O4. The first-order chi connectivity index (χ1) is 17.7. The first kappa shape index (κ1) is 27.9. The number of hydrogen-bond donors (Lipinski definition) is 4. The molecule has 0 aliphatic heterocycles. The second-order valence-electron chi connectivity index (χ2n) is 8.48. The number of nitrogens with one attached hydrogen (secondary N) is 2. The van der Waals surface area contributed by atoms with Crippen molar-refractivity contribution in [3.05, 3.63) is 95.3 Å². The quantitative estimate of drug-likeness (QED) is 0.191. The highest BCUT2D eigenvalue weighted by molar-refractivity contribution is 6.10. The Morgan fingerprint density at radius 2 is 1.68 bits per heavy atom. The van der Waals surface area contributed by atoms with Crippen molar-refractivity contribution in [1.82, 2.24) is 14.9 Å². The summed E-state index contributed by atoms with van der Waals surface area (Å²) in [4.78, 5) is 42.7. The first-order valence-electron chi connectivity index (χ1n) is 11.5. The highest BCUT2D eigenvalue weighted by Crippen LogP contribution is 2.22. The van der Waals surface area contributed by atoms with Gasteiger partial charge in [0.1, 0.15) is 24.7 Å². The Balaban J connectivity index is 0.00000400.